The van der Waals surface area contributed by atoms with E-state index in [0.29, 0.717) is 18.2 Å². The largest absolute Gasteiger partial charge is 0.462 e. The lowest BCUT2D eigenvalue weighted by Crippen LogP contribution is -2.27. The lowest BCUT2D eigenvalue weighted by molar-refractivity contribution is 0.0526. The zero-order valence-corrected chi connectivity index (χ0v) is 21.0. The number of esters is 1. The summed E-state index contributed by atoms with van der Waals surface area (Å²) in [5.41, 5.74) is 1.74. The molecule has 3 nitrogen and oxygen atoms in total. The summed E-state index contributed by atoms with van der Waals surface area (Å²) < 4.78 is 5.05. The molecule has 1 aromatic rings. The van der Waals surface area contributed by atoms with Gasteiger partial charge >= 0.3 is 5.97 Å². The highest BCUT2D eigenvalue weighted by Gasteiger charge is 2.23. The highest BCUT2D eigenvalue weighted by atomic mass is 28.3. The van der Waals surface area contributed by atoms with Crippen molar-refractivity contribution in [3.63, 3.8) is 0 Å². The van der Waals surface area contributed by atoms with Crippen molar-refractivity contribution in [3.05, 3.63) is 29.8 Å². The molecule has 2 rings (SSSR count). The maximum Gasteiger partial charge on any atom is 0.338 e. The first-order chi connectivity index (χ1) is 14.4. The van der Waals surface area contributed by atoms with Crippen LogP contribution in [0.2, 0.25) is 25.2 Å². The maximum atomic E-state index is 11.8. The third-order valence-electron chi connectivity index (χ3n) is 6.79. The summed E-state index contributed by atoms with van der Waals surface area (Å²) in [5.74, 6) is 0.691. The van der Waals surface area contributed by atoms with Crippen molar-refractivity contribution in [2.75, 3.05) is 11.9 Å². The molecule has 1 fully saturated rings. The van der Waals surface area contributed by atoms with Crippen molar-refractivity contribution < 1.29 is 9.53 Å². The number of hydrogen-bond acceptors (Lipinski definition) is 3. The first-order valence-electron chi connectivity index (χ1n) is 12.5. The van der Waals surface area contributed by atoms with Crippen LogP contribution in [0, 0.1) is 5.92 Å². The van der Waals surface area contributed by atoms with Gasteiger partial charge in [-0.3, -0.25) is 0 Å². The van der Waals surface area contributed by atoms with Crippen LogP contribution in [-0.2, 0) is 4.74 Å². The van der Waals surface area contributed by atoms with Crippen LogP contribution in [0.5, 0.6) is 0 Å². The van der Waals surface area contributed by atoms with E-state index in [4.69, 9.17) is 4.74 Å². The number of anilines is 1. The van der Waals surface area contributed by atoms with Gasteiger partial charge in [0, 0.05) is 19.8 Å². The van der Waals surface area contributed by atoms with Gasteiger partial charge in [0.25, 0.3) is 0 Å². The van der Waals surface area contributed by atoms with Gasteiger partial charge in [-0.2, -0.15) is 0 Å². The lowest BCUT2D eigenvalue weighted by atomic mass is 9.83. The smallest absolute Gasteiger partial charge is 0.338 e. The van der Waals surface area contributed by atoms with E-state index in [1.54, 1.807) is 0 Å². The number of unbranched alkanes of at least 4 members (excludes halogenated alkanes) is 3. The highest BCUT2D eigenvalue weighted by molar-refractivity contribution is 6.77. The Labute approximate surface area is 186 Å². The van der Waals surface area contributed by atoms with E-state index < -0.39 is 8.07 Å². The van der Waals surface area contributed by atoms with Gasteiger partial charge in [-0.25, -0.2) is 4.79 Å². The standard InChI is InChI=1S/C26H45NO2Si/c1-5-7-8-9-20-30(3,4)21-10-11-22-12-16-24(17-13-22)27-25-18-14-23(15-19-25)26(28)29-6-2/h14-15,18-19,22,24,27H,5-13,16-17,20-21H2,1-4H3. The van der Waals surface area contributed by atoms with Crippen LogP contribution in [-0.4, -0.2) is 26.7 Å². The second-order valence-corrected chi connectivity index (χ2v) is 15.4. The molecular formula is C26H45NO2Si. The van der Waals surface area contributed by atoms with E-state index in [2.05, 4.69) is 25.3 Å². The topological polar surface area (TPSA) is 38.3 Å². The summed E-state index contributed by atoms with van der Waals surface area (Å²) in [6.07, 6.45) is 13.8. The molecule has 0 saturated heterocycles. The van der Waals surface area contributed by atoms with Crippen molar-refractivity contribution in [1.82, 2.24) is 0 Å². The quantitative estimate of drug-likeness (QED) is 0.196. The molecule has 0 amide bonds. The molecule has 1 saturated carbocycles. The zero-order valence-electron chi connectivity index (χ0n) is 20.0. The molecule has 0 bridgehead atoms. The summed E-state index contributed by atoms with van der Waals surface area (Å²) >= 11 is 0. The molecule has 0 atom stereocenters. The first kappa shape index (κ1) is 25.0. The summed E-state index contributed by atoms with van der Waals surface area (Å²) in [6.45, 7) is 9.76. The summed E-state index contributed by atoms with van der Waals surface area (Å²) in [4.78, 5) is 11.8. The molecule has 1 N–H and O–H groups in total. The molecule has 30 heavy (non-hydrogen) atoms. The molecule has 1 aliphatic carbocycles. The van der Waals surface area contributed by atoms with Gasteiger partial charge in [-0.15, -0.1) is 0 Å². The van der Waals surface area contributed by atoms with Crippen molar-refractivity contribution in [2.45, 2.75) is 109 Å². The Balaban J connectivity index is 1.63. The number of ether oxygens (including phenoxy) is 1. The number of hydrogen-bond donors (Lipinski definition) is 1. The van der Waals surface area contributed by atoms with Crippen molar-refractivity contribution in [1.29, 1.82) is 0 Å². The third-order valence-corrected chi connectivity index (χ3v) is 10.2. The van der Waals surface area contributed by atoms with E-state index in [9.17, 15) is 4.79 Å². The predicted octanol–water partition coefficient (Wildman–Crippen LogP) is 7.90. The monoisotopic (exact) mass is 431 g/mol. The molecule has 1 aliphatic rings. The summed E-state index contributed by atoms with van der Waals surface area (Å²) in [7, 11) is -0.966. The number of carbonyl (C=O) groups is 1. The zero-order chi connectivity index (χ0) is 21.8. The second kappa shape index (κ2) is 13.2. The van der Waals surface area contributed by atoms with Crippen molar-refractivity contribution in [2.24, 2.45) is 5.92 Å². The van der Waals surface area contributed by atoms with E-state index >= 15 is 0 Å². The van der Waals surface area contributed by atoms with Gasteiger partial charge in [0.2, 0.25) is 0 Å². The van der Waals surface area contributed by atoms with Crippen LogP contribution in [0.4, 0.5) is 5.69 Å². The van der Waals surface area contributed by atoms with E-state index in [1.165, 1.54) is 76.3 Å². The van der Waals surface area contributed by atoms with Gasteiger partial charge in [0.1, 0.15) is 0 Å². The fraction of sp³-hybridized carbons (Fsp3) is 0.731. The molecule has 0 unspecified atom stereocenters. The predicted molar refractivity (Wildman–Crippen MR) is 132 cm³/mol. The van der Waals surface area contributed by atoms with E-state index in [0.717, 1.165) is 11.6 Å². The van der Waals surface area contributed by atoms with Crippen LogP contribution < -0.4 is 5.32 Å². The normalized spacial score (nSPS) is 19.5. The molecule has 4 heteroatoms. The SMILES string of the molecule is CCCCCC[Si](C)(C)CCCC1CCC(Nc2ccc(C(=O)OCC)cc2)CC1. The lowest BCUT2D eigenvalue weighted by Gasteiger charge is -2.30. The number of rotatable bonds is 13. The number of carbonyl (C=O) groups excluding carboxylic acids is 1. The average Bonchev–Trinajstić information content (AvgIpc) is 2.73. The van der Waals surface area contributed by atoms with Crippen LogP contribution in [0.3, 0.4) is 0 Å². The number of nitrogens with one attached hydrogen (secondary N) is 1. The van der Waals surface area contributed by atoms with Crippen molar-refractivity contribution >= 4 is 19.7 Å². The molecule has 0 spiro atoms. The van der Waals surface area contributed by atoms with Gasteiger partial charge in [-0.05, 0) is 62.8 Å². The van der Waals surface area contributed by atoms with Gasteiger partial charge < -0.3 is 10.1 Å². The third kappa shape index (κ3) is 9.24. The minimum atomic E-state index is -0.966. The van der Waals surface area contributed by atoms with Gasteiger partial charge in [0.15, 0.2) is 0 Å². The van der Waals surface area contributed by atoms with E-state index in [1.807, 2.05) is 31.2 Å². The Bertz CT molecular complexity index is 606. The van der Waals surface area contributed by atoms with Crippen LogP contribution >= 0.6 is 0 Å². The molecule has 170 valence electrons. The molecule has 0 aromatic heterocycles. The minimum absolute atomic E-state index is 0.239. The Morgan fingerprint density at radius 3 is 2.27 bits per heavy atom. The fourth-order valence-electron chi connectivity index (χ4n) is 4.77. The van der Waals surface area contributed by atoms with Crippen LogP contribution in [0.15, 0.2) is 24.3 Å². The second-order valence-electron chi connectivity index (χ2n) is 10.0. The van der Waals surface area contributed by atoms with Gasteiger partial charge in [-0.1, -0.05) is 70.6 Å². The molecule has 0 radical (unpaired) electrons. The molecule has 1 aromatic carbocycles. The fourth-order valence-corrected chi connectivity index (χ4v) is 7.39. The average molecular weight is 432 g/mol. The molecule has 0 heterocycles. The Morgan fingerprint density at radius 2 is 1.63 bits per heavy atom. The molecular weight excluding hydrogens is 386 g/mol. The van der Waals surface area contributed by atoms with Crippen molar-refractivity contribution in [3.8, 4) is 0 Å². The van der Waals surface area contributed by atoms with Gasteiger partial charge in [0.05, 0.1) is 12.2 Å². The number of benzene rings is 1. The summed E-state index contributed by atoms with van der Waals surface area (Å²) in [6, 6.07) is 11.3. The maximum absolute atomic E-state index is 11.8. The first-order valence-corrected chi connectivity index (χ1v) is 15.9. The van der Waals surface area contributed by atoms with Crippen LogP contribution in [0.25, 0.3) is 0 Å². The Hall–Kier alpha value is -1.29. The summed E-state index contributed by atoms with van der Waals surface area (Å²) in [5, 5.41) is 3.67. The van der Waals surface area contributed by atoms with E-state index in [-0.39, 0.29) is 5.97 Å². The highest BCUT2D eigenvalue weighted by Crippen LogP contribution is 2.32. The Kier molecular flexibility index (Phi) is 11.0. The Morgan fingerprint density at radius 1 is 0.967 bits per heavy atom. The van der Waals surface area contributed by atoms with Crippen LogP contribution in [0.1, 0.15) is 88.4 Å². The molecule has 0 aliphatic heterocycles. The minimum Gasteiger partial charge on any atom is -0.462 e.